The highest BCUT2D eigenvalue weighted by atomic mass is 19.1. The first kappa shape index (κ1) is 16.3. The van der Waals surface area contributed by atoms with Gasteiger partial charge in [0, 0.05) is 18.8 Å². The fourth-order valence-electron chi connectivity index (χ4n) is 3.05. The molecule has 1 fully saturated rings. The summed E-state index contributed by atoms with van der Waals surface area (Å²) in [7, 11) is 0. The van der Waals surface area contributed by atoms with Crippen molar-refractivity contribution in [2.24, 2.45) is 0 Å². The van der Waals surface area contributed by atoms with Crippen LogP contribution in [-0.2, 0) is 0 Å². The molecule has 3 aromatic rings. The Kier molecular flexibility index (Phi) is 4.16. The average Bonchev–Trinajstić information content (AvgIpc) is 3.31. The van der Waals surface area contributed by atoms with Crippen molar-refractivity contribution >= 4 is 5.91 Å². The van der Waals surface area contributed by atoms with E-state index in [1.165, 1.54) is 6.07 Å². The summed E-state index contributed by atoms with van der Waals surface area (Å²) >= 11 is 0. The van der Waals surface area contributed by atoms with Crippen LogP contribution in [0.4, 0.5) is 8.78 Å². The van der Waals surface area contributed by atoms with E-state index in [0.717, 1.165) is 18.6 Å². The van der Waals surface area contributed by atoms with Crippen LogP contribution in [0.15, 0.2) is 47.1 Å². The SMILES string of the molecule is O=C(c1ccccn1)N1CCCC1c1nc(-c2ccc(F)cc2F)no1. The van der Waals surface area contributed by atoms with Crippen LogP contribution in [0, 0.1) is 11.6 Å². The summed E-state index contributed by atoms with van der Waals surface area (Å²) in [6.45, 7) is 0.544. The van der Waals surface area contributed by atoms with E-state index in [-0.39, 0.29) is 23.2 Å². The summed E-state index contributed by atoms with van der Waals surface area (Å²) in [6, 6.07) is 7.87. The molecular formula is C18H14F2N4O2. The van der Waals surface area contributed by atoms with Crippen LogP contribution in [0.5, 0.6) is 0 Å². The zero-order valence-electron chi connectivity index (χ0n) is 13.6. The predicted octanol–water partition coefficient (Wildman–Crippen LogP) is 3.39. The Hall–Kier alpha value is -3.16. The maximum absolute atomic E-state index is 13.9. The quantitative estimate of drug-likeness (QED) is 0.719. The van der Waals surface area contributed by atoms with Crippen LogP contribution in [0.2, 0.25) is 0 Å². The van der Waals surface area contributed by atoms with Crippen molar-refractivity contribution in [2.75, 3.05) is 6.54 Å². The molecule has 1 aromatic carbocycles. The van der Waals surface area contributed by atoms with E-state index in [2.05, 4.69) is 15.1 Å². The predicted molar refractivity (Wildman–Crippen MR) is 86.9 cm³/mol. The van der Waals surface area contributed by atoms with Gasteiger partial charge in [-0.1, -0.05) is 11.2 Å². The van der Waals surface area contributed by atoms with Crippen LogP contribution in [0.3, 0.4) is 0 Å². The number of benzene rings is 1. The van der Waals surface area contributed by atoms with Gasteiger partial charge < -0.3 is 9.42 Å². The maximum atomic E-state index is 13.9. The van der Waals surface area contributed by atoms with Gasteiger partial charge in [-0.2, -0.15) is 4.98 Å². The van der Waals surface area contributed by atoms with Crippen LogP contribution in [0.25, 0.3) is 11.4 Å². The zero-order valence-corrected chi connectivity index (χ0v) is 13.6. The molecule has 2 aromatic heterocycles. The summed E-state index contributed by atoms with van der Waals surface area (Å²) in [5, 5.41) is 3.79. The molecule has 1 aliphatic heterocycles. The first-order chi connectivity index (χ1) is 12.6. The Bertz CT molecular complexity index is 945. The van der Waals surface area contributed by atoms with E-state index in [0.29, 0.717) is 18.7 Å². The second-order valence-corrected chi connectivity index (χ2v) is 5.95. The van der Waals surface area contributed by atoms with Crippen molar-refractivity contribution in [3.8, 4) is 11.4 Å². The number of amides is 1. The summed E-state index contributed by atoms with van der Waals surface area (Å²) in [5.41, 5.74) is 0.380. The number of likely N-dealkylation sites (tertiary alicyclic amines) is 1. The van der Waals surface area contributed by atoms with Gasteiger partial charge in [-0.05, 0) is 37.1 Å². The van der Waals surface area contributed by atoms with E-state index in [4.69, 9.17) is 4.52 Å². The van der Waals surface area contributed by atoms with Crippen LogP contribution in [-0.4, -0.2) is 32.5 Å². The van der Waals surface area contributed by atoms with Crippen molar-refractivity contribution in [1.82, 2.24) is 20.0 Å². The summed E-state index contributed by atoms with van der Waals surface area (Å²) in [4.78, 5) is 22.6. The van der Waals surface area contributed by atoms with Crippen LogP contribution in [0.1, 0.15) is 35.3 Å². The molecule has 1 unspecified atom stereocenters. The molecule has 1 amide bonds. The molecule has 1 atom stereocenters. The summed E-state index contributed by atoms with van der Waals surface area (Å²) in [5.74, 6) is -1.43. The minimum atomic E-state index is -0.773. The van der Waals surface area contributed by atoms with Crippen molar-refractivity contribution in [1.29, 1.82) is 0 Å². The van der Waals surface area contributed by atoms with E-state index in [1.54, 1.807) is 29.3 Å². The van der Waals surface area contributed by atoms with Gasteiger partial charge in [0.25, 0.3) is 5.91 Å². The molecule has 0 bridgehead atoms. The number of carbonyl (C=O) groups is 1. The number of carbonyl (C=O) groups excluding carboxylic acids is 1. The van der Waals surface area contributed by atoms with Gasteiger partial charge in [-0.3, -0.25) is 9.78 Å². The minimum absolute atomic E-state index is 0.0228. The largest absolute Gasteiger partial charge is 0.337 e. The van der Waals surface area contributed by atoms with Crippen molar-refractivity contribution in [3.63, 3.8) is 0 Å². The molecule has 0 spiro atoms. The molecule has 132 valence electrons. The van der Waals surface area contributed by atoms with Crippen molar-refractivity contribution in [2.45, 2.75) is 18.9 Å². The molecule has 8 heteroatoms. The van der Waals surface area contributed by atoms with Crippen LogP contribution >= 0.6 is 0 Å². The molecule has 6 nitrogen and oxygen atoms in total. The second kappa shape index (κ2) is 6.62. The molecule has 0 aliphatic carbocycles. The van der Waals surface area contributed by atoms with Crippen LogP contribution < -0.4 is 0 Å². The fraction of sp³-hybridized carbons (Fsp3) is 0.222. The summed E-state index contributed by atoms with van der Waals surface area (Å²) < 4.78 is 32.2. The molecule has 0 N–H and O–H groups in total. The first-order valence-electron chi connectivity index (χ1n) is 8.14. The lowest BCUT2D eigenvalue weighted by Gasteiger charge is -2.21. The van der Waals surface area contributed by atoms with Crippen molar-refractivity contribution < 1.29 is 18.1 Å². The van der Waals surface area contributed by atoms with Gasteiger partial charge in [-0.25, -0.2) is 8.78 Å². The molecule has 0 saturated carbocycles. The normalized spacial score (nSPS) is 16.8. The number of pyridine rings is 1. The number of nitrogens with zero attached hydrogens (tertiary/aromatic N) is 4. The highest BCUT2D eigenvalue weighted by Gasteiger charge is 2.35. The topological polar surface area (TPSA) is 72.1 Å². The number of aromatic nitrogens is 3. The molecule has 1 saturated heterocycles. The highest BCUT2D eigenvalue weighted by molar-refractivity contribution is 5.92. The van der Waals surface area contributed by atoms with Crippen molar-refractivity contribution in [3.05, 3.63) is 65.8 Å². The number of hydrogen-bond donors (Lipinski definition) is 0. The van der Waals surface area contributed by atoms with Gasteiger partial charge >= 0.3 is 0 Å². The third kappa shape index (κ3) is 2.94. The van der Waals surface area contributed by atoms with Gasteiger partial charge in [0.05, 0.1) is 5.56 Å². The summed E-state index contributed by atoms with van der Waals surface area (Å²) in [6.07, 6.45) is 3.00. The third-order valence-electron chi connectivity index (χ3n) is 4.30. The fourth-order valence-corrected chi connectivity index (χ4v) is 3.05. The zero-order chi connectivity index (χ0) is 18.1. The average molecular weight is 356 g/mol. The molecule has 1 aliphatic rings. The molecule has 3 heterocycles. The Morgan fingerprint density at radius 2 is 2.12 bits per heavy atom. The van der Waals surface area contributed by atoms with E-state index < -0.39 is 17.7 Å². The van der Waals surface area contributed by atoms with Gasteiger partial charge in [0.15, 0.2) is 0 Å². The maximum Gasteiger partial charge on any atom is 0.273 e. The van der Waals surface area contributed by atoms with Gasteiger partial charge in [0.2, 0.25) is 11.7 Å². The molecular weight excluding hydrogens is 342 g/mol. The first-order valence-corrected chi connectivity index (χ1v) is 8.14. The van der Waals surface area contributed by atoms with Gasteiger partial charge in [0.1, 0.15) is 23.4 Å². The lowest BCUT2D eigenvalue weighted by Crippen LogP contribution is -2.31. The third-order valence-corrected chi connectivity index (χ3v) is 4.30. The second-order valence-electron chi connectivity index (χ2n) is 5.95. The Labute approximate surface area is 147 Å². The standard InChI is InChI=1S/C18H14F2N4O2/c19-11-6-7-12(13(20)10-11)16-22-17(26-23-16)15-5-3-9-24(15)18(25)14-4-1-2-8-21-14/h1-2,4,6-8,10,15H,3,5,9H2. The smallest absolute Gasteiger partial charge is 0.273 e. The number of rotatable bonds is 3. The molecule has 4 rings (SSSR count). The number of halogens is 2. The minimum Gasteiger partial charge on any atom is -0.337 e. The molecule has 26 heavy (non-hydrogen) atoms. The van der Waals surface area contributed by atoms with E-state index in [9.17, 15) is 13.6 Å². The van der Waals surface area contributed by atoms with E-state index >= 15 is 0 Å². The Morgan fingerprint density at radius 3 is 2.88 bits per heavy atom. The number of hydrogen-bond acceptors (Lipinski definition) is 5. The Morgan fingerprint density at radius 1 is 1.23 bits per heavy atom. The lowest BCUT2D eigenvalue weighted by molar-refractivity contribution is 0.0704. The lowest BCUT2D eigenvalue weighted by atomic mass is 10.2. The monoisotopic (exact) mass is 356 g/mol. The molecule has 0 radical (unpaired) electrons. The van der Waals surface area contributed by atoms with Gasteiger partial charge in [-0.15, -0.1) is 0 Å². The Balaban J connectivity index is 1.61. The van der Waals surface area contributed by atoms with E-state index in [1.807, 2.05) is 0 Å². The highest BCUT2D eigenvalue weighted by Crippen LogP contribution is 2.33.